The van der Waals surface area contributed by atoms with E-state index in [1.54, 1.807) is 14.2 Å². The van der Waals surface area contributed by atoms with Crippen molar-refractivity contribution in [3.8, 4) is 23.0 Å². The highest BCUT2D eigenvalue weighted by Gasteiger charge is 2.26. The van der Waals surface area contributed by atoms with Crippen LogP contribution in [0.15, 0.2) is 42.5 Å². The summed E-state index contributed by atoms with van der Waals surface area (Å²) in [5.74, 6) is 2.83. The summed E-state index contributed by atoms with van der Waals surface area (Å²) in [4.78, 5) is 14.2. The molecule has 0 spiro atoms. The van der Waals surface area contributed by atoms with Crippen LogP contribution in [0, 0.1) is 0 Å². The van der Waals surface area contributed by atoms with Crippen LogP contribution < -0.4 is 24.3 Å². The summed E-state index contributed by atoms with van der Waals surface area (Å²) in [6.07, 6.45) is 3.13. The molecule has 1 unspecified atom stereocenters. The summed E-state index contributed by atoms with van der Waals surface area (Å²) in [5.41, 5.74) is 0.783. The minimum atomic E-state index is -0.160. The molecule has 0 fully saturated rings. The highest BCUT2D eigenvalue weighted by Crippen LogP contribution is 2.40. The molecule has 0 saturated carbocycles. The van der Waals surface area contributed by atoms with E-state index in [0.717, 1.165) is 37.2 Å². The zero-order valence-corrected chi connectivity index (χ0v) is 17.8. The second-order valence-corrected chi connectivity index (χ2v) is 7.24. The summed E-state index contributed by atoms with van der Waals surface area (Å²) in [6.45, 7) is 1.33. The van der Waals surface area contributed by atoms with Gasteiger partial charge in [-0.25, -0.2) is 0 Å². The van der Waals surface area contributed by atoms with E-state index in [9.17, 15) is 4.79 Å². The lowest BCUT2D eigenvalue weighted by atomic mass is 10.1. The lowest BCUT2D eigenvalue weighted by molar-refractivity contribution is -0.116. The number of para-hydroxylation sites is 1. The molecule has 0 bridgehead atoms. The Balaban J connectivity index is 1.34. The molecule has 2 aromatic carbocycles. The van der Waals surface area contributed by atoms with Gasteiger partial charge in [-0.1, -0.05) is 12.5 Å². The minimum Gasteiger partial charge on any atom is -0.497 e. The second-order valence-electron chi connectivity index (χ2n) is 7.24. The van der Waals surface area contributed by atoms with Crippen LogP contribution in [0.3, 0.4) is 0 Å². The highest BCUT2D eigenvalue weighted by atomic mass is 16.6. The highest BCUT2D eigenvalue weighted by molar-refractivity contribution is 5.90. The summed E-state index contributed by atoms with van der Waals surface area (Å²) in [6, 6.07) is 13.0. The number of anilines is 1. The van der Waals surface area contributed by atoms with Crippen molar-refractivity contribution in [3.05, 3.63) is 42.5 Å². The first-order valence-electron chi connectivity index (χ1n) is 10.2. The van der Waals surface area contributed by atoms with Gasteiger partial charge in [0.1, 0.15) is 12.4 Å². The monoisotopic (exact) mass is 414 g/mol. The number of nitrogens with zero attached hydrogens (tertiary/aromatic N) is 1. The van der Waals surface area contributed by atoms with Crippen LogP contribution >= 0.6 is 0 Å². The SMILES string of the molecule is COc1ccc(NC(=O)CCCCCN(C)C2COc3cccc(OC)c3O2)cc1. The third kappa shape index (κ3) is 5.79. The normalized spacial score (nSPS) is 15.0. The van der Waals surface area contributed by atoms with Crippen LogP contribution in [-0.2, 0) is 4.79 Å². The third-order valence-electron chi connectivity index (χ3n) is 5.08. The van der Waals surface area contributed by atoms with Crippen LogP contribution in [0.2, 0.25) is 0 Å². The van der Waals surface area contributed by atoms with E-state index in [1.807, 2.05) is 49.5 Å². The number of carbonyl (C=O) groups is 1. The lowest BCUT2D eigenvalue weighted by Crippen LogP contribution is -2.43. The van der Waals surface area contributed by atoms with Crippen LogP contribution in [0.1, 0.15) is 25.7 Å². The molecule has 7 nitrogen and oxygen atoms in total. The molecular weight excluding hydrogens is 384 g/mol. The number of ether oxygens (including phenoxy) is 4. The number of hydrogen-bond acceptors (Lipinski definition) is 6. The van der Waals surface area contributed by atoms with Crippen molar-refractivity contribution in [3.63, 3.8) is 0 Å². The van der Waals surface area contributed by atoms with Crippen molar-refractivity contribution in [2.24, 2.45) is 0 Å². The lowest BCUT2D eigenvalue weighted by Gasteiger charge is -2.33. The Hall–Kier alpha value is -2.93. The Kier molecular flexibility index (Phi) is 7.79. The van der Waals surface area contributed by atoms with E-state index in [1.165, 1.54) is 0 Å². The minimum absolute atomic E-state index is 0.0289. The first kappa shape index (κ1) is 21.8. The molecule has 162 valence electrons. The van der Waals surface area contributed by atoms with Gasteiger partial charge in [-0.15, -0.1) is 0 Å². The van der Waals surface area contributed by atoms with Gasteiger partial charge in [0, 0.05) is 18.7 Å². The Morgan fingerprint density at radius 1 is 1.10 bits per heavy atom. The molecule has 7 heteroatoms. The van der Waals surface area contributed by atoms with E-state index >= 15 is 0 Å². The van der Waals surface area contributed by atoms with Crippen LogP contribution in [-0.4, -0.2) is 51.5 Å². The fourth-order valence-electron chi connectivity index (χ4n) is 3.30. The van der Waals surface area contributed by atoms with E-state index in [4.69, 9.17) is 18.9 Å². The topological polar surface area (TPSA) is 69.3 Å². The number of amides is 1. The molecule has 0 radical (unpaired) electrons. The third-order valence-corrected chi connectivity index (χ3v) is 5.08. The molecule has 2 aromatic rings. The van der Waals surface area contributed by atoms with Gasteiger partial charge in [0.05, 0.1) is 14.2 Å². The van der Waals surface area contributed by atoms with Crippen molar-refractivity contribution in [2.45, 2.75) is 31.9 Å². The molecule has 0 aliphatic carbocycles. The van der Waals surface area contributed by atoms with Gasteiger partial charge in [-0.2, -0.15) is 0 Å². The number of hydrogen-bond donors (Lipinski definition) is 1. The zero-order chi connectivity index (χ0) is 21.3. The molecule has 3 rings (SSSR count). The van der Waals surface area contributed by atoms with Gasteiger partial charge in [-0.05, 0) is 56.3 Å². The van der Waals surface area contributed by atoms with Crippen LogP contribution in [0.25, 0.3) is 0 Å². The molecule has 1 amide bonds. The number of unbranched alkanes of at least 4 members (excludes halogenated alkanes) is 2. The van der Waals surface area contributed by atoms with Gasteiger partial charge in [0.15, 0.2) is 17.7 Å². The van der Waals surface area contributed by atoms with Crippen molar-refractivity contribution < 1.29 is 23.7 Å². The fourth-order valence-corrected chi connectivity index (χ4v) is 3.30. The molecule has 1 aliphatic rings. The fraction of sp³-hybridized carbons (Fsp3) is 0.435. The summed E-state index contributed by atoms with van der Waals surface area (Å²) >= 11 is 0. The molecular formula is C23H30N2O5. The average molecular weight is 415 g/mol. The summed E-state index contributed by atoms with van der Waals surface area (Å²) in [7, 11) is 5.26. The smallest absolute Gasteiger partial charge is 0.224 e. The van der Waals surface area contributed by atoms with Gasteiger partial charge >= 0.3 is 0 Å². The van der Waals surface area contributed by atoms with E-state index in [-0.39, 0.29) is 12.1 Å². The standard InChI is InChI=1S/C23H30N2O5/c1-25(22-16-29-20-9-7-8-19(28-3)23(20)30-22)15-6-4-5-10-21(26)24-17-11-13-18(27-2)14-12-17/h7-9,11-14,22H,4-6,10,15-16H2,1-3H3,(H,24,26). The van der Waals surface area contributed by atoms with Crippen molar-refractivity contribution >= 4 is 11.6 Å². The summed E-state index contributed by atoms with van der Waals surface area (Å²) < 4.78 is 22.4. The van der Waals surface area contributed by atoms with Gasteiger partial charge < -0.3 is 24.3 Å². The average Bonchev–Trinajstić information content (AvgIpc) is 2.78. The Morgan fingerprint density at radius 3 is 2.63 bits per heavy atom. The van der Waals surface area contributed by atoms with Crippen molar-refractivity contribution in [2.75, 3.05) is 39.7 Å². The number of nitrogens with one attached hydrogen (secondary N) is 1. The zero-order valence-electron chi connectivity index (χ0n) is 17.8. The van der Waals surface area contributed by atoms with Gasteiger partial charge in [0.2, 0.25) is 11.7 Å². The first-order valence-corrected chi connectivity index (χ1v) is 10.2. The second kappa shape index (κ2) is 10.7. The molecule has 30 heavy (non-hydrogen) atoms. The number of carbonyl (C=O) groups excluding carboxylic acids is 1. The van der Waals surface area contributed by atoms with Crippen molar-refractivity contribution in [1.82, 2.24) is 4.90 Å². The predicted molar refractivity (Wildman–Crippen MR) is 116 cm³/mol. The van der Waals surface area contributed by atoms with E-state index in [2.05, 4.69) is 10.2 Å². The number of rotatable bonds is 10. The molecule has 1 atom stereocenters. The quantitative estimate of drug-likeness (QED) is 0.594. The Morgan fingerprint density at radius 2 is 1.90 bits per heavy atom. The molecule has 1 N–H and O–H groups in total. The van der Waals surface area contributed by atoms with Gasteiger partial charge in [0.25, 0.3) is 0 Å². The van der Waals surface area contributed by atoms with E-state index < -0.39 is 0 Å². The first-order chi connectivity index (χ1) is 14.6. The number of benzene rings is 2. The largest absolute Gasteiger partial charge is 0.497 e. The maximum atomic E-state index is 12.1. The van der Waals surface area contributed by atoms with Crippen molar-refractivity contribution in [1.29, 1.82) is 0 Å². The Labute approximate surface area is 177 Å². The Bertz CT molecular complexity index is 811. The van der Waals surface area contributed by atoms with Crippen LogP contribution in [0.4, 0.5) is 5.69 Å². The number of likely N-dealkylation sites (N-methyl/N-ethyl adjacent to an activating group) is 1. The molecule has 0 aromatic heterocycles. The maximum Gasteiger partial charge on any atom is 0.224 e. The summed E-state index contributed by atoms with van der Waals surface area (Å²) in [5, 5.41) is 2.91. The molecule has 0 saturated heterocycles. The predicted octanol–water partition coefficient (Wildman–Crippen LogP) is 3.93. The number of fused-ring (bicyclic) bond motifs is 1. The molecule has 1 heterocycles. The number of methoxy groups -OCH3 is 2. The van der Waals surface area contributed by atoms with Crippen LogP contribution in [0.5, 0.6) is 23.0 Å². The van der Waals surface area contributed by atoms with E-state index in [0.29, 0.717) is 30.3 Å². The maximum absolute atomic E-state index is 12.1. The molecule has 1 aliphatic heterocycles. The van der Waals surface area contributed by atoms with Gasteiger partial charge in [-0.3, -0.25) is 9.69 Å².